The number of carbonyl (C=O) groups is 3. The van der Waals surface area contributed by atoms with Crippen LogP contribution >= 0.6 is 0 Å². The van der Waals surface area contributed by atoms with Gasteiger partial charge in [0.15, 0.2) is 0 Å². The molecule has 3 rings (SSSR count). The molecule has 0 aromatic heterocycles. The quantitative estimate of drug-likeness (QED) is 0.529. The molecule has 0 radical (unpaired) electrons. The van der Waals surface area contributed by atoms with E-state index >= 15 is 0 Å². The van der Waals surface area contributed by atoms with Crippen LogP contribution in [-0.4, -0.2) is 41.8 Å². The molecule has 34 heavy (non-hydrogen) atoms. The zero-order valence-corrected chi connectivity index (χ0v) is 20.4. The summed E-state index contributed by atoms with van der Waals surface area (Å²) >= 11 is 0. The molecule has 3 atom stereocenters. The second kappa shape index (κ2) is 10.3. The van der Waals surface area contributed by atoms with Crippen LogP contribution in [0.5, 0.6) is 0 Å². The van der Waals surface area contributed by atoms with Crippen molar-refractivity contribution in [2.45, 2.75) is 59.0 Å². The summed E-state index contributed by atoms with van der Waals surface area (Å²) in [5.74, 6) is -1.96. The number of hydrogen-bond donors (Lipinski definition) is 3. The van der Waals surface area contributed by atoms with Gasteiger partial charge in [0.1, 0.15) is 18.7 Å². The summed E-state index contributed by atoms with van der Waals surface area (Å²) < 4.78 is 5.59. The summed E-state index contributed by atoms with van der Waals surface area (Å²) in [4.78, 5) is 37.4. The van der Waals surface area contributed by atoms with Crippen LogP contribution in [0, 0.1) is 11.3 Å². The molecule has 2 aromatic rings. The maximum Gasteiger partial charge on any atom is 0.407 e. The smallest absolute Gasteiger partial charge is 0.407 e. The highest BCUT2D eigenvalue weighted by atomic mass is 16.5. The number of fused-ring (bicyclic) bond motifs is 3. The lowest BCUT2D eigenvalue weighted by Crippen LogP contribution is -2.57. The zero-order chi connectivity index (χ0) is 25.0. The Hall–Kier alpha value is -3.35. The first kappa shape index (κ1) is 25.3. The van der Waals surface area contributed by atoms with E-state index in [0.29, 0.717) is 6.42 Å². The third-order valence-corrected chi connectivity index (χ3v) is 6.51. The number of amides is 2. The molecule has 2 aromatic carbocycles. The van der Waals surface area contributed by atoms with Crippen molar-refractivity contribution < 1.29 is 24.2 Å². The summed E-state index contributed by atoms with van der Waals surface area (Å²) in [5, 5.41) is 14.8. The maximum atomic E-state index is 13.0. The first-order valence-electron chi connectivity index (χ1n) is 11.7. The molecule has 0 saturated carbocycles. The van der Waals surface area contributed by atoms with Gasteiger partial charge in [0.2, 0.25) is 5.91 Å². The predicted molar refractivity (Wildman–Crippen MR) is 130 cm³/mol. The van der Waals surface area contributed by atoms with E-state index in [1.165, 1.54) is 0 Å². The fourth-order valence-electron chi connectivity index (χ4n) is 4.35. The highest BCUT2D eigenvalue weighted by molar-refractivity contribution is 5.89. The Morgan fingerprint density at radius 2 is 1.50 bits per heavy atom. The zero-order valence-electron chi connectivity index (χ0n) is 20.4. The minimum Gasteiger partial charge on any atom is -0.480 e. The summed E-state index contributed by atoms with van der Waals surface area (Å²) in [7, 11) is 0. The Balaban J connectivity index is 1.70. The summed E-state index contributed by atoms with van der Waals surface area (Å²) in [6.45, 7) is 9.09. The largest absolute Gasteiger partial charge is 0.480 e. The molecule has 0 spiro atoms. The van der Waals surface area contributed by atoms with Gasteiger partial charge in [-0.2, -0.15) is 0 Å². The van der Waals surface area contributed by atoms with E-state index in [1.54, 1.807) is 20.8 Å². The van der Waals surface area contributed by atoms with Crippen LogP contribution < -0.4 is 10.6 Å². The third-order valence-electron chi connectivity index (χ3n) is 6.51. The molecule has 0 saturated heterocycles. The number of rotatable bonds is 8. The van der Waals surface area contributed by atoms with E-state index in [-0.39, 0.29) is 18.4 Å². The fraction of sp³-hybridized carbons (Fsp3) is 0.444. The Bertz CT molecular complexity index is 1010. The van der Waals surface area contributed by atoms with Gasteiger partial charge >= 0.3 is 12.1 Å². The number of carboxylic acids is 1. The van der Waals surface area contributed by atoms with E-state index in [0.717, 1.165) is 22.3 Å². The molecule has 1 aliphatic rings. The van der Waals surface area contributed by atoms with Gasteiger partial charge in [-0.1, -0.05) is 89.6 Å². The normalized spacial score (nSPS) is 15.4. The molecular formula is C27H34N2O5. The average molecular weight is 467 g/mol. The van der Waals surface area contributed by atoms with Crippen molar-refractivity contribution >= 4 is 18.0 Å². The Morgan fingerprint density at radius 1 is 0.971 bits per heavy atom. The Kier molecular flexibility index (Phi) is 7.64. The van der Waals surface area contributed by atoms with Crippen LogP contribution in [0.25, 0.3) is 11.1 Å². The van der Waals surface area contributed by atoms with Crippen molar-refractivity contribution in [3.63, 3.8) is 0 Å². The number of nitrogens with one attached hydrogen (secondary N) is 2. The number of carboxylic acid groups (broad SMARTS) is 1. The second-order valence-corrected chi connectivity index (χ2v) is 9.98. The second-order valence-electron chi connectivity index (χ2n) is 9.98. The van der Waals surface area contributed by atoms with Crippen molar-refractivity contribution in [2.75, 3.05) is 6.61 Å². The Labute approximate surface area is 200 Å². The van der Waals surface area contributed by atoms with E-state index in [1.807, 2.05) is 50.2 Å². The van der Waals surface area contributed by atoms with E-state index in [4.69, 9.17) is 4.74 Å². The lowest BCUT2D eigenvalue weighted by molar-refractivity contribution is -0.145. The van der Waals surface area contributed by atoms with Crippen LogP contribution in [0.15, 0.2) is 48.5 Å². The van der Waals surface area contributed by atoms with E-state index in [2.05, 4.69) is 22.8 Å². The topological polar surface area (TPSA) is 105 Å². The van der Waals surface area contributed by atoms with Crippen molar-refractivity contribution in [1.82, 2.24) is 10.6 Å². The molecule has 1 aliphatic carbocycles. The average Bonchev–Trinajstić information content (AvgIpc) is 3.11. The molecule has 0 unspecified atom stereocenters. The van der Waals surface area contributed by atoms with Gasteiger partial charge in [-0.3, -0.25) is 4.79 Å². The predicted octanol–water partition coefficient (Wildman–Crippen LogP) is 4.56. The van der Waals surface area contributed by atoms with Crippen LogP contribution in [0.1, 0.15) is 58.1 Å². The van der Waals surface area contributed by atoms with Crippen molar-refractivity contribution in [1.29, 1.82) is 0 Å². The Morgan fingerprint density at radius 3 is 1.97 bits per heavy atom. The molecule has 0 aliphatic heterocycles. The van der Waals surface area contributed by atoms with Gasteiger partial charge in [0, 0.05) is 5.92 Å². The van der Waals surface area contributed by atoms with Crippen molar-refractivity contribution in [3.05, 3.63) is 59.7 Å². The molecule has 0 heterocycles. The SMILES string of the molecule is CC[C@H](C)[C@H](NC(=O)OCC1c2ccccc2-c2ccccc21)C(=O)N[C@@H](C(=O)O)C(C)(C)C. The standard InChI is InChI=1S/C27H34N2O5/c1-6-16(2)22(24(30)29-23(25(31)32)27(3,4)5)28-26(33)34-15-21-19-13-9-7-11-17(19)18-12-8-10-14-20(18)21/h7-14,16,21-23H,6,15H2,1-5H3,(H,28,33)(H,29,30)(H,31,32)/t16-,22-,23-/m0/s1. The van der Waals surface area contributed by atoms with E-state index < -0.39 is 35.5 Å². The van der Waals surface area contributed by atoms with Crippen LogP contribution in [0.4, 0.5) is 4.79 Å². The third kappa shape index (κ3) is 5.41. The van der Waals surface area contributed by atoms with Gasteiger partial charge in [-0.25, -0.2) is 9.59 Å². The number of benzene rings is 2. The molecule has 3 N–H and O–H groups in total. The lowest BCUT2D eigenvalue weighted by atomic mass is 9.86. The number of alkyl carbamates (subject to hydrolysis) is 1. The van der Waals surface area contributed by atoms with Gasteiger partial charge in [-0.15, -0.1) is 0 Å². The van der Waals surface area contributed by atoms with Gasteiger partial charge in [0.25, 0.3) is 0 Å². The fourth-order valence-corrected chi connectivity index (χ4v) is 4.35. The lowest BCUT2D eigenvalue weighted by Gasteiger charge is -2.31. The van der Waals surface area contributed by atoms with Crippen molar-refractivity contribution in [2.24, 2.45) is 11.3 Å². The molecule has 7 nitrogen and oxygen atoms in total. The number of aliphatic carboxylic acids is 1. The highest BCUT2D eigenvalue weighted by Gasteiger charge is 2.36. The first-order valence-corrected chi connectivity index (χ1v) is 11.7. The number of hydrogen-bond acceptors (Lipinski definition) is 4. The van der Waals surface area contributed by atoms with E-state index in [9.17, 15) is 19.5 Å². The van der Waals surface area contributed by atoms with Crippen molar-refractivity contribution in [3.8, 4) is 11.1 Å². The summed E-state index contributed by atoms with van der Waals surface area (Å²) in [5.41, 5.74) is 3.77. The minimum absolute atomic E-state index is 0.0914. The number of carbonyl (C=O) groups excluding carboxylic acids is 2. The molecule has 0 fully saturated rings. The molecule has 7 heteroatoms. The summed E-state index contributed by atoms with van der Waals surface area (Å²) in [6, 6.07) is 14.1. The first-order chi connectivity index (χ1) is 16.0. The van der Waals surface area contributed by atoms with Gasteiger partial charge in [-0.05, 0) is 33.6 Å². The van der Waals surface area contributed by atoms with Crippen LogP contribution in [-0.2, 0) is 14.3 Å². The van der Waals surface area contributed by atoms with Crippen LogP contribution in [0.2, 0.25) is 0 Å². The highest BCUT2D eigenvalue weighted by Crippen LogP contribution is 2.44. The molecule has 182 valence electrons. The molecule has 0 bridgehead atoms. The van der Waals surface area contributed by atoms with Gasteiger partial charge < -0.3 is 20.5 Å². The van der Waals surface area contributed by atoms with Crippen LogP contribution in [0.3, 0.4) is 0 Å². The van der Waals surface area contributed by atoms with Gasteiger partial charge in [0.05, 0.1) is 0 Å². The maximum absolute atomic E-state index is 13.0. The molecular weight excluding hydrogens is 432 g/mol. The minimum atomic E-state index is -1.12. The molecule has 2 amide bonds. The summed E-state index contributed by atoms with van der Waals surface area (Å²) in [6.07, 6.45) is -0.0837. The number of ether oxygens (including phenoxy) is 1. The monoisotopic (exact) mass is 466 g/mol.